The van der Waals surface area contributed by atoms with E-state index in [2.05, 4.69) is 0 Å². The summed E-state index contributed by atoms with van der Waals surface area (Å²) in [4.78, 5) is 13.0. The van der Waals surface area contributed by atoms with Crippen molar-refractivity contribution in [3.63, 3.8) is 0 Å². The Morgan fingerprint density at radius 2 is 2.14 bits per heavy atom. The molecule has 74 valence electrons. The Balaban J connectivity index is 2.59. The zero-order chi connectivity index (χ0) is 10.3. The minimum atomic E-state index is -1.07. The lowest BCUT2D eigenvalue weighted by molar-refractivity contribution is -0.262. The maximum Gasteiger partial charge on any atom is 0.264 e. The third kappa shape index (κ3) is 1.01. The summed E-state index contributed by atoms with van der Waals surface area (Å²) in [5, 5.41) is 11.1. The van der Waals surface area contributed by atoms with Crippen molar-refractivity contribution >= 4 is 17.5 Å². The second-order valence-corrected chi connectivity index (χ2v) is 3.79. The normalized spacial score (nSPS) is 24.9. The third-order valence-electron chi connectivity index (χ3n) is 2.72. The molecule has 0 saturated heterocycles. The molecule has 1 aliphatic rings. The van der Waals surface area contributed by atoms with E-state index < -0.39 is 6.09 Å². The van der Waals surface area contributed by atoms with Gasteiger partial charge in [-0.15, -0.1) is 0 Å². The van der Waals surface area contributed by atoms with Crippen LogP contribution in [0.5, 0.6) is 0 Å². The summed E-state index contributed by atoms with van der Waals surface area (Å²) in [7, 11) is 3.53. The molecule has 4 heteroatoms. The van der Waals surface area contributed by atoms with Crippen molar-refractivity contribution in [3.8, 4) is 0 Å². The van der Waals surface area contributed by atoms with Gasteiger partial charge in [0, 0.05) is 13.1 Å². The highest BCUT2D eigenvalue weighted by Gasteiger charge is 2.39. The zero-order valence-corrected chi connectivity index (χ0v) is 8.23. The van der Waals surface area contributed by atoms with Crippen LogP contribution in [0.4, 0.5) is 16.2 Å². The molecule has 14 heavy (non-hydrogen) atoms. The van der Waals surface area contributed by atoms with Crippen molar-refractivity contribution in [1.82, 2.24) is 4.48 Å². The molecule has 0 spiro atoms. The summed E-state index contributed by atoms with van der Waals surface area (Å²) in [6.07, 6.45) is -1.07. The quantitative estimate of drug-likeness (QED) is 0.558. The molecule has 0 aromatic heterocycles. The zero-order valence-electron chi connectivity index (χ0n) is 8.23. The average molecular weight is 192 g/mol. The fourth-order valence-corrected chi connectivity index (χ4v) is 1.94. The van der Waals surface area contributed by atoms with Crippen LogP contribution >= 0.6 is 0 Å². The molecule has 0 radical (unpaired) electrons. The first-order valence-corrected chi connectivity index (χ1v) is 4.43. The second kappa shape index (κ2) is 2.72. The predicted molar refractivity (Wildman–Crippen MR) is 52.8 cm³/mol. The molecule has 4 nitrogen and oxygen atoms in total. The SMILES string of the molecule is CN1C[N+](C)(C(=O)[O-])c2ccccc21. The summed E-state index contributed by atoms with van der Waals surface area (Å²) in [5.41, 5.74) is 1.74. The van der Waals surface area contributed by atoms with Crippen molar-refractivity contribution in [2.45, 2.75) is 0 Å². The molecule has 1 heterocycles. The van der Waals surface area contributed by atoms with Crippen molar-refractivity contribution in [1.29, 1.82) is 0 Å². The number of anilines is 1. The van der Waals surface area contributed by atoms with Crippen molar-refractivity contribution < 1.29 is 9.90 Å². The maximum atomic E-state index is 11.1. The Labute approximate surface area is 82.6 Å². The molecule has 0 bridgehead atoms. The molecule has 1 aromatic carbocycles. The van der Waals surface area contributed by atoms with Gasteiger partial charge < -0.3 is 14.8 Å². The number of hydrogen-bond acceptors (Lipinski definition) is 3. The molecule has 1 amide bonds. The van der Waals surface area contributed by atoms with E-state index in [1.54, 1.807) is 7.05 Å². The minimum Gasteiger partial charge on any atom is -0.498 e. The highest BCUT2D eigenvalue weighted by molar-refractivity contribution is 5.88. The molecule has 2 rings (SSSR count). The monoisotopic (exact) mass is 192 g/mol. The first-order valence-electron chi connectivity index (χ1n) is 4.43. The molecular formula is C10H12N2O2. The van der Waals surface area contributed by atoms with Gasteiger partial charge in [-0.3, -0.25) is 0 Å². The van der Waals surface area contributed by atoms with Crippen LogP contribution in [-0.2, 0) is 0 Å². The van der Waals surface area contributed by atoms with E-state index in [-0.39, 0.29) is 4.48 Å². The minimum absolute atomic E-state index is 0.174. The van der Waals surface area contributed by atoms with Gasteiger partial charge in [0.15, 0.2) is 12.4 Å². The third-order valence-corrected chi connectivity index (χ3v) is 2.72. The van der Waals surface area contributed by atoms with Gasteiger partial charge in [0.2, 0.25) is 0 Å². The van der Waals surface area contributed by atoms with Crippen LogP contribution < -0.4 is 14.5 Å². The van der Waals surface area contributed by atoms with E-state index in [1.165, 1.54) is 0 Å². The predicted octanol–water partition coefficient (Wildman–Crippen LogP) is 0.374. The highest BCUT2D eigenvalue weighted by Crippen LogP contribution is 2.38. The number of carbonyl (C=O) groups is 1. The van der Waals surface area contributed by atoms with Gasteiger partial charge in [0.25, 0.3) is 6.09 Å². The van der Waals surface area contributed by atoms with Gasteiger partial charge in [-0.1, -0.05) is 12.1 Å². The molecule has 0 N–H and O–H groups in total. The number of hydrogen-bond donors (Lipinski definition) is 0. The Bertz CT molecular complexity index is 391. The Morgan fingerprint density at radius 1 is 1.50 bits per heavy atom. The fourth-order valence-electron chi connectivity index (χ4n) is 1.94. The molecule has 0 saturated carbocycles. The number of amides is 1. The summed E-state index contributed by atoms with van der Waals surface area (Å²) in [5.74, 6) is 0. The number of para-hydroxylation sites is 2. The van der Waals surface area contributed by atoms with Crippen LogP contribution in [0.3, 0.4) is 0 Å². The van der Waals surface area contributed by atoms with Crippen LogP contribution in [0.15, 0.2) is 24.3 Å². The van der Waals surface area contributed by atoms with E-state index >= 15 is 0 Å². The highest BCUT2D eigenvalue weighted by atomic mass is 16.4. The molecule has 0 fully saturated rings. The molecule has 1 atom stereocenters. The maximum absolute atomic E-state index is 11.1. The lowest BCUT2D eigenvalue weighted by atomic mass is 10.2. The summed E-state index contributed by atoms with van der Waals surface area (Å²) in [6, 6.07) is 7.49. The molecule has 0 aliphatic carbocycles. The fraction of sp³-hybridized carbons (Fsp3) is 0.300. The van der Waals surface area contributed by atoms with E-state index in [4.69, 9.17) is 0 Å². The van der Waals surface area contributed by atoms with Crippen molar-refractivity contribution in [2.24, 2.45) is 0 Å². The van der Waals surface area contributed by atoms with E-state index in [0.29, 0.717) is 6.67 Å². The molecule has 1 aliphatic heterocycles. The van der Waals surface area contributed by atoms with Gasteiger partial charge in [0.1, 0.15) is 5.69 Å². The van der Waals surface area contributed by atoms with Gasteiger partial charge in [-0.25, -0.2) is 4.48 Å². The summed E-state index contributed by atoms with van der Waals surface area (Å²) >= 11 is 0. The first kappa shape index (κ1) is 9.02. The van der Waals surface area contributed by atoms with E-state index in [9.17, 15) is 9.90 Å². The van der Waals surface area contributed by atoms with E-state index in [1.807, 2.05) is 36.2 Å². The lowest BCUT2D eigenvalue weighted by Crippen LogP contribution is -2.57. The van der Waals surface area contributed by atoms with Crippen LogP contribution in [0.2, 0.25) is 0 Å². The van der Waals surface area contributed by atoms with Gasteiger partial charge in [-0.05, 0) is 6.07 Å². The second-order valence-electron chi connectivity index (χ2n) is 3.79. The molecule has 1 aromatic rings. The van der Waals surface area contributed by atoms with Gasteiger partial charge in [-0.2, -0.15) is 0 Å². The Morgan fingerprint density at radius 3 is 2.79 bits per heavy atom. The van der Waals surface area contributed by atoms with Crippen LogP contribution in [0, 0.1) is 0 Å². The smallest absolute Gasteiger partial charge is 0.264 e. The van der Waals surface area contributed by atoms with Crippen LogP contribution in [0.25, 0.3) is 0 Å². The number of fused-ring (bicyclic) bond motifs is 1. The number of carboxylic acid groups (broad SMARTS) is 1. The van der Waals surface area contributed by atoms with Crippen LogP contribution in [0.1, 0.15) is 0 Å². The number of nitrogens with zero attached hydrogens (tertiary/aromatic N) is 2. The average Bonchev–Trinajstić information content (AvgIpc) is 2.42. The van der Waals surface area contributed by atoms with Gasteiger partial charge in [0.05, 0.1) is 7.05 Å². The topological polar surface area (TPSA) is 43.4 Å². The molecular weight excluding hydrogens is 180 g/mol. The largest absolute Gasteiger partial charge is 0.498 e. The number of benzene rings is 1. The number of rotatable bonds is 0. The Hall–Kier alpha value is -1.55. The summed E-state index contributed by atoms with van der Waals surface area (Å²) in [6.45, 7) is 0.418. The van der Waals surface area contributed by atoms with Crippen LogP contribution in [-0.4, -0.2) is 26.9 Å². The number of carbonyl (C=O) groups excluding carboxylic acids is 1. The standard InChI is InChI=1S/C10H12N2O2/c1-11-7-12(2,10(13)14)9-6-4-3-5-8(9)11/h3-6H,7H2,1-2H3. The molecule has 1 unspecified atom stereocenters. The lowest BCUT2D eigenvalue weighted by Gasteiger charge is -2.28. The number of quaternary nitrogens is 1. The van der Waals surface area contributed by atoms with Gasteiger partial charge >= 0.3 is 0 Å². The summed E-state index contributed by atoms with van der Waals surface area (Å²) < 4.78 is -0.174. The van der Waals surface area contributed by atoms with Crippen molar-refractivity contribution in [3.05, 3.63) is 24.3 Å². The van der Waals surface area contributed by atoms with Crippen molar-refractivity contribution in [2.75, 3.05) is 25.7 Å². The first-order chi connectivity index (χ1) is 6.55. The Kier molecular flexibility index (Phi) is 1.75. The van der Waals surface area contributed by atoms with E-state index in [0.717, 1.165) is 11.4 Å².